The highest BCUT2D eigenvalue weighted by Gasteiger charge is 2.24. The number of aliphatic hydroxyl groups excluding tert-OH is 1. The first-order valence-electron chi connectivity index (χ1n) is 5.77. The molecule has 1 aromatic rings. The summed E-state index contributed by atoms with van der Waals surface area (Å²) in [5, 5.41) is 13.0. The molecule has 0 aromatic heterocycles. The van der Waals surface area contributed by atoms with Gasteiger partial charge in [0.25, 0.3) is 0 Å². The number of rotatable bonds is 3. The lowest BCUT2D eigenvalue weighted by Crippen LogP contribution is -2.08. The molecule has 2 rings (SSSR count). The maximum Gasteiger partial charge on any atom is 0.228 e. The molecule has 17 heavy (non-hydrogen) atoms. The van der Waals surface area contributed by atoms with Gasteiger partial charge >= 0.3 is 0 Å². The van der Waals surface area contributed by atoms with Gasteiger partial charge in [-0.15, -0.1) is 0 Å². The lowest BCUT2D eigenvalue weighted by Gasteiger charge is -2.17. The largest absolute Gasteiger partial charge is 0.388 e. The Labute approximate surface area is 109 Å². The molecule has 0 fully saturated rings. The van der Waals surface area contributed by atoms with Crippen LogP contribution in [0.25, 0.3) is 0 Å². The summed E-state index contributed by atoms with van der Waals surface area (Å²) in [6.07, 6.45) is 0.564. The quantitative estimate of drug-likeness (QED) is 0.901. The number of hydrogen-bond donors (Lipinski definition) is 2. The SMILES string of the molecule is CC(C)CC(O)c1cc(Br)cc2c1NC(=O)C2. The second-order valence-electron chi connectivity index (χ2n) is 4.90. The van der Waals surface area contributed by atoms with E-state index < -0.39 is 6.10 Å². The summed E-state index contributed by atoms with van der Waals surface area (Å²) in [6.45, 7) is 4.14. The Kier molecular flexibility index (Phi) is 3.54. The van der Waals surface area contributed by atoms with Crippen molar-refractivity contribution in [3.8, 4) is 0 Å². The molecule has 0 radical (unpaired) electrons. The van der Waals surface area contributed by atoms with Gasteiger partial charge in [0.15, 0.2) is 0 Å². The van der Waals surface area contributed by atoms with Crippen molar-refractivity contribution < 1.29 is 9.90 Å². The maximum absolute atomic E-state index is 11.4. The molecule has 1 aliphatic heterocycles. The number of carbonyl (C=O) groups is 1. The van der Waals surface area contributed by atoms with Gasteiger partial charge in [0.1, 0.15) is 0 Å². The van der Waals surface area contributed by atoms with Gasteiger partial charge < -0.3 is 10.4 Å². The average molecular weight is 298 g/mol. The van der Waals surface area contributed by atoms with Gasteiger partial charge in [-0.2, -0.15) is 0 Å². The van der Waals surface area contributed by atoms with E-state index in [9.17, 15) is 9.90 Å². The van der Waals surface area contributed by atoms with E-state index in [2.05, 4.69) is 35.1 Å². The number of halogens is 1. The predicted molar refractivity (Wildman–Crippen MR) is 70.9 cm³/mol. The van der Waals surface area contributed by atoms with E-state index in [0.29, 0.717) is 18.8 Å². The molecule has 1 amide bonds. The third kappa shape index (κ3) is 2.69. The van der Waals surface area contributed by atoms with Crippen molar-refractivity contribution in [3.63, 3.8) is 0 Å². The van der Waals surface area contributed by atoms with E-state index in [1.807, 2.05) is 12.1 Å². The Morgan fingerprint density at radius 2 is 2.18 bits per heavy atom. The number of benzene rings is 1. The van der Waals surface area contributed by atoms with Crippen LogP contribution in [0, 0.1) is 5.92 Å². The standard InChI is InChI=1S/C13H16BrNO2/c1-7(2)3-11(16)10-6-9(14)4-8-5-12(17)15-13(8)10/h4,6-7,11,16H,3,5H2,1-2H3,(H,15,17). The third-order valence-electron chi connectivity index (χ3n) is 2.88. The summed E-state index contributed by atoms with van der Waals surface area (Å²) in [7, 11) is 0. The van der Waals surface area contributed by atoms with Crippen molar-refractivity contribution in [1.82, 2.24) is 0 Å². The molecule has 3 nitrogen and oxygen atoms in total. The first-order chi connectivity index (χ1) is 7.97. The molecule has 1 aliphatic rings. The normalized spacial score (nSPS) is 15.9. The lowest BCUT2D eigenvalue weighted by molar-refractivity contribution is -0.115. The minimum Gasteiger partial charge on any atom is -0.388 e. The van der Waals surface area contributed by atoms with Crippen LogP contribution in [0.3, 0.4) is 0 Å². The number of carbonyl (C=O) groups excluding carboxylic acids is 1. The predicted octanol–water partition coefficient (Wildman–Crippen LogP) is 3.02. The molecule has 0 aliphatic carbocycles. The van der Waals surface area contributed by atoms with E-state index in [-0.39, 0.29) is 5.91 Å². The fourth-order valence-corrected chi connectivity index (χ4v) is 2.69. The zero-order chi connectivity index (χ0) is 12.6. The van der Waals surface area contributed by atoms with Crippen LogP contribution in [0.15, 0.2) is 16.6 Å². The zero-order valence-corrected chi connectivity index (χ0v) is 11.5. The monoisotopic (exact) mass is 297 g/mol. The van der Waals surface area contributed by atoms with E-state index in [0.717, 1.165) is 21.3 Å². The van der Waals surface area contributed by atoms with E-state index in [1.54, 1.807) is 0 Å². The summed E-state index contributed by atoms with van der Waals surface area (Å²) in [4.78, 5) is 11.4. The fourth-order valence-electron chi connectivity index (χ4n) is 2.17. The van der Waals surface area contributed by atoms with E-state index >= 15 is 0 Å². The molecule has 0 bridgehead atoms. The van der Waals surface area contributed by atoms with Crippen molar-refractivity contribution >= 4 is 27.5 Å². The van der Waals surface area contributed by atoms with Gasteiger partial charge in [-0.25, -0.2) is 0 Å². The molecule has 0 spiro atoms. The van der Waals surface area contributed by atoms with Crippen LogP contribution in [0.4, 0.5) is 5.69 Å². The molecule has 92 valence electrons. The van der Waals surface area contributed by atoms with Crippen LogP contribution in [0.5, 0.6) is 0 Å². The second-order valence-corrected chi connectivity index (χ2v) is 5.82. The maximum atomic E-state index is 11.4. The highest BCUT2D eigenvalue weighted by Crippen LogP contribution is 2.36. The van der Waals surface area contributed by atoms with Crippen LogP contribution in [0.2, 0.25) is 0 Å². The molecule has 0 saturated carbocycles. The van der Waals surface area contributed by atoms with Crippen molar-refractivity contribution in [2.75, 3.05) is 5.32 Å². The molecular formula is C13H16BrNO2. The summed E-state index contributed by atoms with van der Waals surface area (Å²) in [5.41, 5.74) is 2.57. The molecule has 1 atom stereocenters. The highest BCUT2D eigenvalue weighted by atomic mass is 79.9. The smallest absolute Gasteiger partial charge is 0.228 e. The molecule has 4 heteroatoms. The molecule has 1 heterocycles. The first kappa shape index (κ1) is 12.6. The van der Waals surface area contributed by atoms with Crippen LogP contribution in [-0.4, -0.2) is 11.0 Å². The van der Waals surface area contributed by atoms with Crippen LogP contribution in [-0.2, 0) is 11.2 Å². The van der Waals surface area contributed by atoms with Crippen LogP contribution in [0.1, 0.15) is 37.5 Å². The Morgan fingerprint density at radius 1 is 1.47 bits per heavy atom. The van der Waals surface area contributed by atoms with Gasteiger partial charge in [0, 0.05) is 10.0 Å². The van der Waals surface area contributed by atoms with Gasteiger partial charge in [0.2, 0.25) is 5.91 Å². The number of amides is 1. The zero-order valence-electron chi connectivity index (χ0n) is 9.96. The van der Waals surface area contributed by atoms with Gasteiger partial charge in [-0.3, -0.25) is 4.79 Å². The Balaban J connectivity index is 2.37. The van der Waals surface area contributed by atoms with E-state index in [1.165, 1.54) is 0 Å². The van der Waals surface area contributed by atoms with Crippen LogP contribution >= 0.6 is 15.9 Å². The van der Waals surface area contributed by atoms with Crippen LogP contribution < -0.4 is 5.32 Å². The number of anilines is 1. The Hall–Kier alpha value is -0.870. The molecule has 2 N–H and O–H groups in total. The summed E-state index contributed by atoms with van der Waals surface area (Å²) >= 11 is 3.42. The topological polar surface area (TPSA) is 49.3 Å². The minimum atomic E-state index is -0.528. The van der Waals surface area contributed by atoms with E-state index in [4.69, 9.17) is 0 Å². The number of nitrogens with one attached hydrogen (secondary N) is 1. The van der Waals surface area contributed by atoms with Gasteiger partial charge in [-0.05, 0) is 30.0 Å². The Morgan fingerprint density at radius 3 is 2.82 bits per heavy atom. The molecular weight excluding hydrogens is 282 g/mol. The van der Waals surface area contributed by atoms with Crippen molar-refractivity contribution in [2.24, 2.45) is 5.92 Å². The number of fused-ring (bicyclic) bond motifs is 1. The van der Waals surface area contributed by atoms with Gasteiger partial charge in [-0.1, -0.05) is 29.8 Å². The molecule has 1 unspecified atom stereocenters. The number of aliphatic hydroxyl groups is 1. The first-order valence-corrected chi connectivity index (χ1v) is 6.57. The highest BCUT2D eigenvalue weighted by molar-refractivity contribution is 9.10. The van der Waals surface area contributed by atoms with Crippen molar-refractivity contribution in [2.45, 2.75) is 32.8 Å². The molecule has 0 saturated heterocycles. The van der Waals surface area contributed by atoms with Crippen molar-refractivity contribution in [3.05, 3.63) is 27.7 Å². The van der Waals surface area contributed by atoms with Gasteiger partial charge in [0.05, 0.1) is 18.2 Å². The second kappa shape index (κ2) is 4.78. The minimum absolute atomic E-state index is 0.00361. The molecule has 1 aromatic carbocycles. The summed E-state index contributed by atoms with van der Waals surface area (Å²) < 4.78 is 0.908. The third-order valence-corrected chi connectivity index (χ3v) is 3.34. The Bertz CT molecular complexity index is 457. The summed E-state index contributed by atoms with van der Waals surface area (Å²) in [6, 6.07) is 3.82. The lowest BCUT2D eigenvalue weighted by atomic mass is 9.96. The average Bonchev–Trinajstić information content (AvgIpc) is 2.55. The van der Waals surface area contributed by atoms with Crippen molar-refractivity contribution in [1.29, 1.82) is 0 Å². The number of hydrogen-bond acceptors (Lipinski definition) is 2. The summed E-state index contributed by atoms with van der Waals surface area (Å²) in [5.74, 6) is 0.410. The fraction of sp³-hybridized carbons (Fsp3) is 0.462.